The standard InChI is InChI=1S/C38H42N4/c1-3-5-7-9-11-29-13-17-31(18-14-29)21-23-37-39-27-33-26-36-34(25-35(33)41-37)28-40-38(42-36)24-22-32-19-15-30(16-20-32)12-10-8-6-4-2/h13-28H,3-12H2,1-2H3. The van der Waals surface area contributed by atoms with Crippen molar-refractivity contribution in [3.8, 4) is 0 Å². The van der Waals surface area contributed by atoms with Crippen LogP contribution < -0.4 is 0 Å². The number of rotatable bonds is 14. The third-order valence-corrected chi connectivity index (χ3v) is 7.76. The largest absolute Gasteiger partial charge is 0.236 e. The Morgan fingerprint density at radius 1 is 0.500 bits per heavy atom. The normalized spacial score (nSPS) is 11.9. The Labute approximate surface area is 250 Å². The van der Waals surface area contributed by atoms with Crippen LogP contribution in [0, 0.1) is 0 Å². The molecule has 0 radical (unpaired) electrons. The van der Waals surface area contributed by atoms with Crippen molar-refractivity contribution in [1.29, 1.82) is 0 Å². The van der Waals surface area contributed by atoms with Crippen LogP contribution in [0.4, 0.5) is 0 Å². The molecule has 0 amide bonds. The summed E-state index contributed by atoms with van der Waals surface area (Å²) < 4.78 is 0. The van der Waals surface area contributed by atoms with Crippen molar-refractivity contribution >= 4 is 46.1 Å². The smallest absolute Gasteiger partial charge is 0.152 e. The minimum atomic E-state index is 0.693. The Bertz CT molecular complexity index is 1510. The van der Waals surface area contributed by atoms with Crippen LogP contribution >= 0.6 is 0 Å². The number of nitrogens with zero attached hydrogens (tertiary/aromatic N) is 4. The van der Waals surface area contributed by atoms with E-state index >= 15 is 0 Å². The fraction of sp³-hybridized carbons (Fsp3) is 0.316. The SMILES string of the molecule is CCCCCCc1ccc(C=Cc2ncc3cc4nc(C=Cc5ccc(CCCCCC)cc5)ncc4cc3n2)cc1. The molecule has 4 nitrogen and oxygen atoms in total. The summed E-state index contributed by atoms with van der Waals surface area (Å²) in [5, 5.41) is 1.94. The highest BCUT2D eigenvalue weighted by Gasteiger charge is 2.04. The monoisotopic (exact) mass is 554 g/mol. The number of benzene rings is 3. The van der Waals surface area contributed by atoms with Crippen LogP contribution in [0.3, 0.4) is 0 Å². The second-order valence-electron chi connectivity index (χ2n) is 11.2. The van der Waals surface area contributed by atoms with Crippen LogP contribution in [0.15, 0.2) is 73.1 Å². The van der Waals surface area contributed by atoms with Gasteiger partial charge in [0.2, 0.25) is 0 Å². The second kappa shape index (κ2) is 15.2. The van der Waals surface area contributed by atoms with Crippen LogP contribution in [0.2, 0.25) is 0 Å². The van der Waals surface area contributed by atoms with Crippen molar-refractivity contribution in [2.24, 2.45) is 0 Å². The predicted molar refractivity (Wildman–Crippen MR) is 179 cm³/mol. The topological polar surface area (TPSA) is 51.6 Å². The van der Waals surface area contributed by atoms with Crippen molar-refractivity contribution in [3.63, 3.8) is 0 Å². The zero-order valence-corrected chi connectivity index (χ0v) is 25.1. The van der Waals surface area contributed by atoms with Gasteiger partial charge in [-0.15, -0.1) is 0 Å². The Morgan fingerprint density at radius 3 is 1.33 bits per heavy atom. The quantitative estimate of drug-likeness (QED) is 0.101. The lowest BCUT2D eigenvalue weighted by atomic mass is 10.0. The van der Waals surface area contributed by atoms with E-state index in [1.807, 2.05) is 36.7 Å². The lowest BCUT2D eigenvalue weighted by Crippen LogP contribution is -1.92. The molecule has 0 aliphatic carbocycles. The summed E-state index contributed by atoms with van der Waals surface area (Å²) in [6, 6.07) is 21.7. The van der Waals surface area contributed by atoms with Gasteiger partial charge in [-0.1, -0.05) is 113 Å². The molecule has 5 rings (SSSR count). The molecule has 0 aliphatic rings. The molecule has 0 saturated heterocycles. The molecule has 0 unspecified atom stereocenters. The van der Waals surface area contributed by atoms with E-state index < -0.39 is 0 Å². The van der Waals surface area contributed by atoms with Gasteiger partial charge in [-0.2, -0.15) is 0 Å². The van der Waals surface area contributed by atoms with E-state index in [0.717, 1.165) is 45.8 Å². The van der Waals surface area contributed by atoms with Gasteiger partial charge in [-0.3, -0.25) is 0 Å². The minimum absolute atomic E-state index is 0.693. The molecule has 2 aromatic heterocycles. The minimum Gasteiger partial charge on any atom is -0.236 e. The van der Waals surface area contributed by atoms with E-state index in [1.165, 1.54) is 62.5 Å². The fourth-order valence-corrected chi connectivity index (χ4v) is 5.19. The van der Waals surface area contributed by atoms with Crippen LogP contribution in [-0.2, 0) is 12.8 Å². The van der Waals surface area contributed by atoms with E-state index in [1.54, 1.807) is 0 Å². The Kier molecular flexibility index (Phi) is 10.6. The van der Waals surface area contributed by atoms with Crippen molar-refractivity contribution in [3.05, 3.63) is 107 Å². The van der Waals surface area contributed by atoms with Crippen LogP contribution in [0.25, 0.3) is 46.1 Å². The van der Waals surface area contributed by atoms with Gasteiger partial charge in [0.05, 0.1) is 11.0 Å². The van der Waals surface area contributed by atoms with Gasteiger partial charge in [0, 0.05) is 23.2 Å². The Hall–Kier alpha value is -4.18. The maximum absolute atomic E-state index is 4.78. The van der Waals surface area contributed by atoms with Crippen LogP contribution in [-0.4, -0.2) is 19.9 Å². The molecule has 3 aromatic carbocycles. The predicted octanol–water partition coefficient (Wildman–Crippen LogP) is 10.2. The average Bonchev–Trinajstić information content (AvgIpc) is 3.03. The van der Waals surface area contributed by atoms with Gasteiger partial charge in [0.1, 0.15) is 0 Å². The number of unbranched alkanes of at least 4 members (excludes halogenated alkanes) is 6. The van der Waals surface area contributed by atoms with Crippen LogP contribution in [0.1, 0.15) is 99.1 Å². The van der Waals surface area contributed by atoms with Crippen molar-refractivity contribution in [2.45, 2.75) is 78.1 Å². The molecule has 0 N–H and O–H groups in total. The van der Waals surface area contributed by atoms with Crippen molar-refractivity contribution in [1.82, 2.24) is 19.9 Å². The van der Waals surface area contributed by atoms with Crippen molar-refractivity contribution < 1.29 is 0 Å². The molecule has 4 heteroatoms. The van der Waals surface area contributed by atoms with Gasteiger partial charge in [-0.25, -0.2) is 19.9 Å². The molecule has 42 heavy (non-hydrogen) atoms. The zero-order valence-electron chi connectivity index (χ0n) is 25.1. The van der Waals surface area contributed by atoms with Gasteiger partial charge >= 0.3 is 0 Å². The summed E-state index contributed by atoms with van der Waals surface area (Å²) in [5.74, 6) is 1.39. The van der Waals surface area contributed by atoms with E-state index in [2.05, 4.69) is 84.5 Å². The van der Waals surface area contributed by atoms with Gasteiger partial charge in [0.15, 0.2) is 11.6 Å². The average molecular weight is 555 g/mol. The third kappa shape index (κ3) is 8.42. The van der Waals surface area contributed by atoms with Crippen LogP contribution in [0.5, 0.6) is 0 Å². The molecule has 0 saturated carbocycles. The van der Waals surface area contributed by atoms with E-state index in [4.69, 9.17) is 9.97 Å². The van der Waals surface area contributed by atoms with E-state index in [0.29, 0.717) is 11.6 Å². The number of hydrogen-bond donors (Lipinski definition) is 0. The highest BCUT2D eigenvalue weighted by atomic mass is 14.9. The molecular formula is C38H42N4. The highest BCUT2D eigenvalue weighted by molar-refractivity contribution is 5.94. The first-order chi connectivity index (χ1) is 20.7. The lowest BCUT2D eigenvalue weighted by Gasteiger charge is -2.04. The summed E-state index contributed by atoms with van der Waals surface area (Å²) in [6.07, 6.45) is 24.5. The molecule has 5 aromatic rings. The van der Waals surface area contributed by atoms with Gasteiger partial charge in [0.25, 0.3) is 0 Å². The molecule has 0 atom stereocenters. The Morgan fingerprint density at radius 2 is 0.929 bits per heavy atom. The third-order valence-electron chi connectivity index (χ3n) is 7.76. The summed E-state index contributed by atoms with van der Waals surface area (Å²) in [4.78, 5) is 18.7. The van der Waals surface area contributed by atoms with Crippen molar-refractivity contribution in [2.75, 3.05) is 0 Å². The summed E-state index contributed by atoms with van der Waals surface area (Å²) in [7, 11) is 0. The molecule has 0 aliphatic heterocycles. The van der Waals surface area contributed by atoms with E-state index in [-0.39, 0.29) is 0 Å². The number of aromatic nitrogens is 4. The first-order valence-corrected chi connectivity index (χ1v) is 15.7. The molecule has 0 spiro atoms. The molecule has 0 bridgehead atoms. The lowest BCUT2D eigenvalue weighted by molar-refractivity contribution is 0.667. The maximum Gasteiger partial charge on any atom is 0.152 e. The molecule has 2 heterocycles. The summed E-state index contributed by atoms with van der Waals surface area (Å²) in [5.41, 5.74) is 6.89. The van der Waals surface area contributed by atoms with Gasteiger partial charge < -0.3 is 0 Å². The molecule has 214 valence electrons. The summed E-state index contributed by atoms with van der Waals surface area (Å²) in [6.45, 7) is 4.50. The number of hydrogen-bond acceptors (Lipinski definition) is 4. The number of fused-ring (bicyclic) bond motifs is 2. The molecule has 0 fully saturated rings. The zero-order chi connectivity index (χ0) is 29.0. The first-order valence-electron chi connectivity index (χ1n) is 15.7. The molecular weight excluding hydrogens is 512 g/mol. The highest BCUT2D eigenvalue weighted by Crippen LogP contribution is 2.21. The second-order valence-corrected chi connectivity index (χ2v) is 11.2. The summed E-state index contributed by atoms with van der Waals surface area (Å²) >= 11 is 0. The van der Waals surface area contributed by atoms with Gasteiger partial charge in [-0.05, 0) is 72.2 Å². The number of aryl methyl sites for hydroxylation is 2. The Balaban J connectivity index is 1.22. The first kappa shape index (κ1) is 29.3. The van der Waals surface area contributed by atoms with E-state index in [9.17, 15) is 0 Å². The fourth-order valence-electron chi connectivity index (χ4n) is 5.19. The maximum atomic E-state index is 4.78.